The molecule has 46 heavy (non-hydrogen) atoms. The first-order valence-electron chi connectivity index (χ1n) is 13.9. The highest BCUT2D eigenvalue weighted by molar-refractivity contribution is 6.31. The second-order valence-electron chi connectivity index (χ2n) is 10.7. The summed E-state index contributed by atoms with van der Waals surface area (Å²) in [6, 6.07) is 6.48. The predicted molar refractivity (Wildman–Crippen MR) is 155 cm³/mol. The first-order chi connectivity index (χ1) is 21.9. The van der Waals surface area contributed by atoms with Gasteiger partial charge >= 0.3 is 12.7 Å². The van der Waals surface area contributed by atoms with Crippen LogP contribution in [0.3, 0.4) is 0 Å². The molecule has 0 saturated heterocycles. The molecule has 17 heteroatoms. The van der Waals surface area contributed by atoms with Gasteiger partial charge in [0.25, 0.3) is 5.56 Å². The van der Waals surface area contributed by atoms with E-state index in [9.17, 15) is 31.5 Å². The van der Waals surface area contributed by atoms with Gasteiger partial charge in [-0.25, -0.2) is 14.3 Å². The number of nitrogens with zero attached hydrogens (tertiary/aromatic N) is 8. The maximum Gasteiger partial charge on any atom is 0.436 e. The van der Waals surface area contributed by atoms with Crippen LogP contribution in [0.5, 0.6) is 0 Å². The lowest BCUT2D eigenvalue weighted by Gasteiger charge is -2.23. The van der Waals surface area contributed by atoms with Crippen LogP contribution in [0, 0.1) is 5.92 Å². The minimum Gasteiger partial charge on any atom is -0.323 e. The normalized spacial score (nSPS) is 17.3. The fraction of sp³-hybridized carbons (Fsp3) is 0.276. The van der Waals surface area contributed by atoms with Crippen molar-refractivity contribution < 1.29 is 26.7 Å². The van der Waals surface area contributed by atoms with Crippen molar-refractivity contribution in [3.05, 3.63) is 88.1 Å². The smallest absolute Gasteiger partial charge is 0.323 e. The third-order valence-corrected chi connectivity index (χ3v) is 7.89. The lowest BCUT2D eigenvalue weighted by molar-refractivity contribution is -0.141. The van der Waals surface area contributed by atoms with Crippen LogP contribution in [0.25, 0.3) is 28.2 Å². The van der Waals surface area contributed by atoms with E-state index in [1.54, 1.807) is 13.0 Å². The Morgan fingerprint density at radius 2 is 1.87 bits per heavy atom. The summed E-state index contributed by atoms with van der Waals surface area (Å²) in [5.74, 6) is -0.848. The molecule has 0 aliphatic carbocycles. The fourth-order valence-electron chi connectivity index (χ4n) is 5.35. The molecule has 5 heterocycles. The highest BCUT2D eigenvalue weighted by atomic mass is 35.5. The number of amides is 1. The molecule has 6 rings (SSSR count). The Labute approximate surface area is 261 Å². The van der Waals surface area contributed by atoms with Crippen molar-refractivity contribution in [1.29, 1.82) is 0 Å². The lowest BCUT2D eigenvalue weighted by Crippen LogP contribution is -2.27. The molecule has 5 aromatic rings. The van der Waals surface area contributed by atoms with E-state index in [1.165, 1.54) is 47.6 Å². The topological polar surface area (TPSA) is 125 Å². The van der Waals surface area contributed by atoms with Crippen molar-refractivity contribution in [1.82, 2.24) is 39.3 Å². The van der Waals surface area contributed by atoms with E-state index in [2.05, 4.69) is 30.7 Å². The number of pyridine rings is 1. The van der Waals surface area contributed by atoms with Crippen molar-refractivity contribution in [3.63, 3.8) is 0 Å². The summed E-state index contributed by atoms with van der Waals surface area (Å²) in [6.07, 6.45) is 2.62. The molecular formula is C29H23ClF5N9O2. The Morgan fingerprint density at radius 1 is 1.07 bits per heavy atom. The van der Waals surface area contributed by atoms with E-state index in [4.69, 9.17) is 11.6 Å². The van der Waals surface area contributed by atoms with Crippen LogP contribution in [-0.4, -0.2) is 45.2 Å². The zero-order valence-corrected chi connectivity index (χ0v) is 24.5. The zero-order chi connectivity index (χ0) is 32.7. The lowest BCUT2D eigenvalue weighted by atomic mass is 9.95. The zero-order valence-electron chi connectivity index (χ0n) is 23.8. The van der Waals surface area contributed by atoms with E-state index in [-0.39, 0.29) is 44.8 Å². The molecule has 0 saturated carbocycles. The molecule has 1 aromatic carbocycles. The van der Waals surface area contributed by atoms with E-state index < -0.39 is 35.9 Å². The van der Waals surface area contributed by atoms with Crippen LogP contribution >= 0.6 is 11.6 Å². The SMILES string of the molecule is CC1CCCC(n2cnc(-c3cc(Cl)ccc3-n3cc(C(F)(F)F)nn3)cc2=O)c2cncc(c2)-c2c(cnn2C(F)F)NC1=O. The number of benzene rings is 1. The molecule has 238 valence electrons. The minimum absolute atomic E-state index is 0.0414. The predicted octanol–water partition coefficient (Wildman–Crippen LogP) is 6.16. The quantitative estimate of drug-likeness (QED) is 0.229. The number of carbonyl (C=O) groups excluding carboxylic acids is 1. The molecule has 1 aliphatic heterocycles. The first-order valence-corrected chi connectivity index (χ1v) is 14.3. The number of fused-ring (bicyclic) bond motifs is 4. The largest absolute Gasteiger partial charge is 0.436 e. The Bertz CT molecular complexity index is 1990. The molecule has 2 unspecified atom stereocenters. The number of anilines is 1. The number of hydrogen-bond acceptors (Lipinski definition) is 7. The molecule has 0 radical (unpaired) electrons. The van der Waals surface area contributed by atoms with Crippen LogP contribution in [0.15, 0.2) is 66.2 Å². The van der Waals surface area contributed by atoms with Gasteiger partial charge < -0.3 is 5.32 Å². The van der Waals surface area contributed by atoms with Gasteiger partial charge in [-0.15, -0.1) is 5.10 Å². The summed E-state index contributed by atoms with van der Waals surface area (Å²) >= 11 is 6.21. The Balaban J connectivity index is 1.43. The van der Waals surface area contributed by atoms with Crippen LogP contribution < -0.4 is 10.9 Å². The molecule has 11 nitrogen and oxygen atoms in total. The molecule has 1 N–H and O–H groups in total. The van der Waals surface area contributed by atoms with Crippen molar-refractivity contribution in [2.45, 2.75) is 45.0 Å². The minimum atomic E-state index is -4.72. The summed E-state index contributed by atoms with van der Waals surface area (Å²) in [6.45, 7) is -1.29. The van der Waals surface area contributed by atoms with E-state index in [0.29, 0.717) is 35.7 Å². The third-order valence-electron chi connectivity index (χ3n) is 7.65. The first kappa shape index (κ1) is 31.0. The Morgan fingerprint density at radius 3 is 2.59 bits per heavy atom. The summed E-state index contributed by atoms with van der Waals surface area (Å²) in [5, 5.41) is 13.5. The number of rotatable bonds is 4. The number of hydrogen-bond donors (Lipinski definition) is 1. The molecule has 2 bridgehead atoms. The van der Waals surface area contributed by atoms with Crippen molar-refractivity contribution >= 4 is 23.2 Å². The van der Waals surface area contributed by atoms with E-state index in [0.717, 1.165) is 10.9 Å². The maximum absolute atomic E-state index is 13.9. The Kier molecular flexibility index (Phi) is 8.14. The summed E-state index contributed by atoms with van der Waals surface area (Å²) in [4.78, 5) is 35.3. The number of carbonyl (C=O) groups is 1. The van der Waals surface area contributed by atoms with Crippen molar-refractivity contribution in [3.8, 4) is 28.2 Å². The standard InChI is InChI=1S/C29H23ClF5N9O2/c1-15-3-2-4-22(16-7-17(11-36-10-16)26-21(39-27(15)46)12-38-44(26)28(31)32)42-14-37-20(9-25(42)45)19-8-18(30)5-6-23(19)43-13-24(40-41-43)29(33,34)35/h5-15,22,28H,2-4H2,1H3,(H,39,46). The second-order valence-corrected chi connectivity index (χ2v) is 11.1. The second kappa shape index (κ2) is 12.1. The van der Waals surface area contributed by atoms with Gasteiger partial charge in [-0.3, -0.25) is 19.1 Å². The number of halogens is 6. The van der Waals surface area contributed by atoms with Crippen molar-refractivity contribution in [2.75, 3.05) is 5.32 Å². The summed E-state index contributed by atoms with van der Waals surface area (Å²) < 4.78 is 70.2. The van der Waals surface area contributed by atoms with Crippen LogP contribution in [0.1, 0.15) is 50.0 Å². The summed E-state index contributed by atoms with van der Waals surface area (Å²) in [7, 11) is 0. The van der Waals surface area contributed by atoms with E-state index >= 15 is 0 Å². The fourth-order valence-corrected chi connectivity index (χ4v) is 5.52. The molecule has 1 amide bonds. The van der Waals surface area contributed by atoms with Gasteiger partial charge in [-0.05, 0) is 42.7 Å². The van der Waals surface area contributed by atoms with Gasteiger partial charge in [0.05, 0.1) is 47.5 Å². The van der Waals surface area contributed by atoms with Gasteiger partial charge in [0, 0.05) is 40.5 Å². The van der Waals surface area contributed by atoms with Crippen LogP contribution in [0.4, 0.5) is 27.6 Å². The monoisotopic (exact) mass is 659 g/mol. The maximum atomic E-state index is 13.9. The molecule has 2 atom stereocenters. The highest BCUT2D eigenvalue weighted by Crippen LogP contribution is 2.36. The van der Waals surface area contributed by atoms with E-state index in [1.807, 2.05) is 0 Å². The van der Waals surface area contributed by atoms with Crippen molar-refractivity contribution in [2.24, 2.45) is 5.92 Å². The average molecular weight is 660 g/mol. The van der Waals surface area contributed by atoms with Crippen LogP contribution in [0.2, 0.25) is 5.02 Å². The number of aromatic nitrogens is 8. The van der Waals surface area contributed by atoms with Gasteiger partial charge in [-0.1, -0.05) is 30.2 Å². The Hall–Kier alpha value is -4.99. The van der Waals surface area contributed by atoms with Gasteiger partial charge in [-0.2, -0.15) is 27.1 Å². The number of alkyl halides is 5. The molecule has 0 fully saturated rings. The average Bonchev–Trinajstić information content (AvgIpc) is 3.67. The third kappa shape index (κ3) is 5.99. The van der Waals surface area contributed by atoms with Gasteiger partial charge in [0.2, 0.25) is 5.91 Å². The molecule has 4 aromatic heterocycles. The summed E-state index contributed by atoms with van der Waals surface area (Å²) in [5.41, 5.74) is -0.405. The molecule has 0 spiro atoms. The molecular weight excluding hydrogens is 637 g/mol. The van der Waals surface area contributed by atoms with Crippen LogP contribution in [-0.2, 0) is 11.0 Å². The highest BCUT2D eigenvalue weighted by Gasteiger charge is 2.35. The number of nitrogens with one attached hydrogen (secondary N) is 1. The molecule has 1 aliphatic rings. The van der Waals surface area contributed by atoms with Gasteiger partial charge in [0.1, 0.15) is 0 Å². The van der Waals surface area contributed by atoms with Gasteiger partial charge in [0.15, 0.2) is 5.69 Å².